The van der Waals surface area contributed by atoms with Crippen molar-refractivity contribution in [3.05, 3.63) is 118 Å². The molecule has 3 aliphatic rings. The van der Waals surface area contributed by atoms with E-state index in [4.69, 9.17) is 10.5 Å². The number of ether oxygens (including phenoxy) is 1. The number of nitrogens with one attached hydrogen (secondary N) is 1. The maximum Gasteiger partial charge on any atom is 0.418 e. The number of piperidine rings is 2. The van der Waals surface area contributed by atoms with Gasteiger partial charge < -0.3 is 20.3 Å². The van der Waals surface area contributed by atoms with Crippen LogP contribution in [0.3, 0.4) is 0 Å². The summed E-state index contributed by atoms with van der Waals surface area (Å²) in [7, 11) is 0. The molecule has 6 heterocycles. The van der Waals surface area contributed by atoms with E-state index in [0.29, 0.717) is 60.3 Å². The van der Waals surface area contributed by atoms with Crippen LogP contribution in [0.15, 0.2) is 101 Å². The second-order valence-electron chi connectivity index (χ2n) is 15.9. The van der Waals surface area contributed by atoms with Crippen molar-refractivity contribution in [3.8, 4) is 28.4 Å². The average Bonchev–Trinajstić information content (AvgIpc) is 3.53. The molecule has 0 spiro atoms. The summed E-state index contributed by atoms with van der Waals surface area (Å²) in [6.07, 6.45) is -1.29. The Morgan fingerprint density at radius 2 is 1.60 bits per heavy atom. The van der Waals surface area contributed by atoms with E-state index in [1.54, 1.807) is 35.2 Å². The molecule has 2 atom stereocenters. The van der Waals surface area contributed by atoms with E-state index in [1.807, 2.05) is 30.3 Å². The fraction of sp³-hybridized carbons (Fsp3) is 0.372. The van der Waals surface area contributed by atoms with Crippen LogP contribution in [0.1, 0.15) is 37.3 Å². The van der Waals surface area contributed by atoms with E-state index in [0.717, 1.165) is 45.0 Å². The highest BCUT2D eigenvalue weighted by Crippen LogP contribution is 2.41. The van der Waals surface area contributed by atoms with Gasteiger partial charge in [-0.25, -0.2) is 24.3 Å². The minimum atomic E-state index is -4.55. The van der Waals surface area contributed by atoms with Crippen LogP contribution in [0.5, 0.6) is 11.5 Å². The SMILES string of the molecule is Nc1ncnc2c1n(-c1ccc(Oc3ccccc3)cc1)c(=O)n2[C@@H]1CCN(CCC2CCN(C3CN(c4ccc(-c5ccc(=O)[nH]n5)cc4C(F)(F)F)C3)CC2)C[C@@H]1F. The number of likely N-dealkylation sites (tertiary alicyclic amines) is 2. The molecule has 0 amide bonds. The first kappa shape index (κ1) is 39.4. The van der Waals surface area contributed by atoms with E-state index < -0.39 is 35.2 Å². The maximum absolute atomic E-state index is 16.2. The Morgan fingerprint density at radius 1 is 0.850 bits per heavy atom. The van der Waals surface area contributed by atoms with Crippen LogP contribution in [0.2, 0.25) is 0 Å². The fourth-order valence-corrected chi connectivity index (χ4v) is 8.90. The molecule has 13 nitrogen and oxygen atoms in total. The smallest absolute Gasteiger partial charge is 0.418 e. The van der Waals surface area contributed by atoms with E-state index in [2.05, 4.69) is 30.0 Å². The molecule has 3 aliphatic heterocycles. The predicted molar refractivity (Wildman–Crippen MR) is 219 cm³/mol. The van der Waals surface area contributed by atoms with Crippen LogP contribution < -0.4 is 26.6 Å². The summed E-state index contributed by atoms with van der Waals surface area (Å²) in [5.74, 6) is 1.85. The van der Waals surface area contributed by atoms with Crippen molar-refractivity contribution in [2.75, 3.05) is 56.4 Å². The molecular weight excluding hydrogens is 781 g/mol. The highest BCUT2D eigenvalue weighted by Gasteiger charge is 2.41. The van der Waals surface area contributed by atoms with Gasteiger partial charge in [-0.05, 0) is 106 Å². The largest absolute Gasteiger partial charge is 0.457 e. The molecule has 60 heavy (non-hydrogen) atoms. The lowest BCUT2D eigenvalue weighted by molar-refractivity contribution is -0.137. The predicted octanol–water partition coefficient (Wildman–Crippen LogP) is 6.30. The monoisotopic (exact) mass is 824 g/mol. The number of nitrogens with two attached hydrogens (primary N) is 1. The summed E-state index contributed by atoms with van der Waals surface area (Å²) in [5.41, 5.74) is 6.56. The van der Waals surface area contributed by atoms with E-state index in [1.165, 1.54) is 33.7 Å². The molecule has 17 heteroatoms. The van der Waals surface area contributed by atoms with Gasteiger partial charge in [0.05, 0.1) is 23.0 Å². The summed E-state index contributed by atoms with van der Waals surface area (Å²) in [6.45, 7) is 4.29. The molecular formula is C43H44F4N10O3. The molecule has 9 rings (SSSR count). The summed E-state index contributed by atoms with van der Waals surface area (Å²) < 4.78 is 67.5. The molecule has 6 aromatic rings. The normalized spacial score (nSPS) is 19.8. The lowest BCUT2D eigenvalue weighted by atomic mass is 9.90. The molecule has 3 aromatic heterocycles. The summed E-state index contributed by atoms with van der Waals surface area (Å²) in [6, 6.07) is 22.6. The van der Waals surface area contributed by atoms with Crippen LogP contribution >= 0.6 is 0 Å². The van der Waals surface area contributed by atoms with Crippen molar-refractivity contribution in [2.24, 2.45) is 5.92 Å². The first-order valence-electron chi connectivity index (χ1n) is 20.2. The standard InChI is InChI=1S/C43H44F4N10O3/c44-34-25-53(19-17-37(34)57-41-39(40(48)49-26-50-41)56(42(57)59)29-7-9-32(10-8-29)60-31-4-2-1-3-5-31)18-14-27-15-20-54(21-16-27)30-23-55(24-30)36-12-6-28(22-33(36)43(45,46)47)35-11-13-38(58)52-51-35/h1-13,22,26-27,30,34,37H,14-21,23-25H2,(H,52,58)(H2,48,49,50)/t34-,37+/m0/s1. The zero-order chi connectivity index (χ0) is 41.5. The van der Waals surface area contributed by atoms with Crippen molar-refractivity contribution in [1.29, 1.82) is 0 Å². The third-order valence-corrected chi connectivity index (χ3v) is 12.2. The third kappa shape index (κ3) is 7.86. The van der Waals surface area contributed by atoms with Gasteiger partial charge in [0.25, 0.3) is 5.56 Å². The van der Waals surface area contributed by atoms with Crippen molar-refractivity contribution >= 4 is 22.7 Å². The Balaban J connectivity index is 0.785. The first-order valence-corrected chi connectivity index (χ1v) is 20.2. The average molecular weight is 825 g/mol. The fourth-order valence-electron chi connectivity index (χ4n) is 8.90. The number of nitrogens with zero attached hydrogens (tertiary/aromatic N) is 8. The third-order valence-electron chi connectivity index (χ3n) is 12.2. The van der Waals surface area contributed by atoms with Crippen molar-refractivity contribution < 1.29 is 22.3 Å². The van der Waals surface area contributed by atoms with Gasteiger partial charge in [-0.3, -0.25) is 18.8 Å². The number of benzene rings is 3. The van der Waals surface area contributed by atoms with E-state index in [-0.39, 0.29) is 35.3 Å². The number of para-hydroxylation sites is 1. The molecule has 0 aliphatic carbocycles. The number of hydrogen-bond donors (Lipinski definition) is 2. The summed E-state index contributed by atoms with van der Waals surface area (Å²) in [4.78, 5) is 40.3. The number of aromatic nitrogens is 6. The van der Waals surface area contributed by atoms with Gasteiger partial charge in [-0.2, -0.15) is 18.3 Å². The second-order valence-corrected chi connectivity index (χ2v) is 15.9. The Hall–Kier alpha value is -6.07. The van der Waals surface area contributed by atoms with Crippen LogP contribution in [-0.2, 0) is 6.18 Å². The number of imidazole rings is 1. The number of H-pyrrole nitrogens is 1. The molecule has 3 N–H and O–H groups in total. The lowest BCUT2D eigenvalue weighted by Gasteiger charge is -2.49. The quantitative estimate of drug-likeness (QED) is 0.151. The van der Waals surface area contributed by atoms with Crippen LogP contribution in [-0.4, -0.2) is 97.1 Å². The Labute approximate surface area is 342 Å². The number of alkyl halides is 4. The summed E-state index contributed by atoms with van der Waals surface area (Å²) in [5, 5.41) is 6.16. The number of anilines is 2. The van der Waals surface area contributed by atoms with Gasteiger partial charge in [0, 0.05) is 49.5 Å². The number of fused-ring (bicyclic) bond motifs is 1. The van der Waals surface area contributed by atoms with Gasteiger partial charge in [-0.1, -0.05) is 24.3 Å². The Bertz CT molecular complexity index is 2560. The number of halogens is 4. The molecule has 0 bridgehead atoms. The molecule has 312 valence electrons. The Kier molecular flexibility index (Phi) is 10.6. The van der Waals surface area contributed by atoms with Gasteiger partial charge in [-0.15, -0.1) is 0 Å². The number of hydrogen-bond acceptors (Lipinski definition) is 10. The number of nitrogen functional groups attached to an aromatic ring is 1. The molecule has 3 aromatic carbocycles. The van der Waals surface area contributed by atoms with Gasteiger partial charge >= 0.3 is 11.9 Å². The van der Waals surface area contributed by atoms with Crippen LogP contribution in [0.4, 0.5) is 29.1 Å². The number of aromatic amines is 1. The number of rotatable bonds is 10. The second kappa shape index (κ2) is 16.2. The molecule has 0 unspecified atom stereocenters. The van der Waals surface area contributed by atoms with Gasteiger partial charge in [0.2, 0.25) is 0 Å². The lowest BCUT2D eigenvalue weighted by Crippen LogP contribution is -2.61. The highest BCUT2D eigenvalue weighted by molar-refractivity contribution is 5.84. The Morgan fingerprint density at radius 3 is 2.30 bits per heavy atom. The van der Waals surface area contributed by atoms with Gasteiger partial charge in [0.1, 0.15) is 29.5 Å². The van der Waals surface area contributed by atoms with Crippen molar-refractivity contribution in [2.45, 2.75) is 50.1 Å². The molecule has 3 saturated heterocycles. The zero-order valence-corrected chi connectivity index (χ0v) is 32.6. The van der Waals surface area contributed by atoms with E-state index >= 15 is 4.39 Å². The molecule has 0 saturated carbocycles. The van der Waals surface area contributed by atoms with Crippen LogP contribution in [0.25, 0.3) is 28.1 Å². The van der Waals surface area contributed by atoms with Crippen LogP contribution in [0, 0.1) is 5.92 Å². The highest BCUT2D eigenvalue weighted by atomic mass is 19.4. The maximum atomic E-state index is 16.2. The minimum Gasteiger partial charge on any atom is -0.457 e. The summed E-state index contributed by atoms with van der Waals surface area (Å²) >= 11 is 0. The van der Waals surface area contributed by atoms with Crippen molar-refractivity contribution in [3.63, 3.8) is 0 Å². The first-order chi connectivity index (χ1) is 29.0. The van der Waals surface area contributed by atoms with E-state index in [9.17, 15) is 22.8 Å². The zero-order valence-electron chi connectivity index (χ0n) is 32.6. The molecule has 0 radical (unpaired) electrons. The van der Waals surface area contributed by atoms with Crippen molar-refractivity contribution in [1.82, 2.24) is 39.1 Å². The minimum absolute atomic E-state index is 0.123. The van der Waals surface area contributed by atoms with Gasteiger partial charge in [0.15, 0.2) is 11.5 Å². The topological polar surface area (TPSA) is 143 Å². The molecule has 3 fully saturated rings.